The molecule has 1 saturated heterocycles. The molecule has 4 rings (SSSR count). The average Bonchev–Trinajstić information content (AvgIpc) is 3.10. The number of benzene rings is 1. The minimum absolute atomic E-state index is 0.818. The Morgan fingerprint density at radius 3 is 2.50 bits per heavy atom. The van der Waals surface area contributed by atoms with Gasteiger partial charge in [-0.1, -0.05) is 0 Å². The van der Waals surface area contributed by atoms with Crippen LogP contribution >= 0.6 is 0 Å². The van der Waals surface area contributed by atoms with Crippen molar-refractivity contribution < 1.29 is 4.74 Å². The molecule has 0 bridgehead atoms. The molecular weight excluding hydrogens is 326 g/mol. The predicted octanol–water partition coefficient (Wildman–Crippen LogP) is 3.64. The minimum Gasteiger partial charge on any atom is -0.497 e. The molecule has 26 heavy (non-hydrogen) atoms. The summed E-state index contributed by atoms with van der Waals surface area (Å²) in [6, 6.07) is 9.81. The molecule has 1 aliphatic rings. The molecule has 134 valence electrons. The second-order valence-electron chi connectivity index (χ2n) is 6.56. The lowest BCUT2D eigenvalue weighted by molar-refractivity contribution is 0.414. The number of aromatic nitrogens is 4. The van der Waals surface area contributed by atoms with Crippen molar-refractivity contribution in [3.05, 3.63) is 48.4 Å². The van der Waals surface area contributed by atoms with Gasteiger partial charge in [-0.05, 0) is 56.5 Å². The monoisotopic (exact) mass is 349 g/mol. The Kier molecular flexibility index (Phi) is 4.56. The molecule has 0 atom stereocenters. The molecular formula is C20H23N5O. The van der Waals surface area contributed by atoms with E-state index in [1.807, 2.05) is 54.3 Å². The molecule has 1 aromatic carbocycles. The van der Waals surface area contributed by atoms with E-state index in [9.17, 15) is 0 Å². The lowest BCUT2D eigenvalue weighted by Gasteiger charge is -2.26. The summed E-state index contributed by atoms with van der Waals surface area (Å²) in [4.78, 5) is 11.6. The Balaban J connectivity index is 1.64. The first-order valence-electron chi connectivity index (χ1n) is 9.03. The van der Waals surface area contributed by atoms with Gasteiger partial charge >= 0.3 is 0 Å². The van der Waals surface area contributed by atoms with Gasteiger partial charge in [-0.3, -0.25) is 0 Å². The summed E-state index contributed by atoms with van der Waals surface area (Å²) in [5, 5.41) is 4.66. The van der Waals surface area contributed by atoms with Crippen molar-refractivity contribution >= 4 is 5.95 Å². The van der Waals surface area contributed by atoms with Gasteiger partial charge in [0.1, 0.15) is 5.75 Å². The zero-order valence-corrected chi connectivity index (χ0v) is 15.2. The van der Waals surface area contributed by atoms with E-state index in [1.165, 1.54) is 19.3 Å². The van der Waals surface area contributed by atoms with Crippen LogP contribution in [0.1, 0.15) is 25.0 Å². The predicted molar refractivity (Wildman–Crippen MR) is 102 cm³/mol. The number of rotatable bonds is 4. The number of nitrogens with zero attached hydrogens (tertiary/aromatic N) is 5. The van der Waals surface area contributed by atoms with E-state index in [2.05, 4.69) is 15.0 Å². The van der Waals surface area contributed by atoms with Gasteiger partial charge in [0.15, 0.2) is 0 Å². The highest BCUT2D eigenvalue weighted by molar-refractivity contribution is 5.62. The van der Waals surface area contributed by atoms with Crippen molar-refractivity contribution in [3.63, 3.8) is 0 Å². The molecule has 0 radical (unpaired) electrons. The van der Waals surface area contributed by atoms with Crippen LogP contribution in [0.2, 0.25) is 0 Å². The Hall–Kier alpha value is -2.89. The number of hydrogen-bond donors (Lipinski definition) is 0. The topological polar surface area (TPSA) is 56.1 Å². The maximum atomic E-state index is 5.22. The van der Waals surface area contributed by atoms with Gasteiger partial charge in [0, 0.05) is 31.0 Å². The van der Waals surface area contributed by atoms with Crippen molar-refractivity contribution in [2.45, 2.75) is 26.2 Å². The van der Waals surface area contributed by atoms with Gasteiger partial charge in [0.25, 0.3) is 0 Å². The van der Waals surface area contributed by atoms with Crippen LogP contribution in [0.3, 0.4) is 0 Å². The van der Waals surface area contributed by atoms with Crippen molar-refractivity contribution in [3.8, 4) is 22.7 Å². The summed E-state index contributed by atoms with van der Waals surface area (Å²) in [6.07, 6.45) is 7.59. The minimum atomic E-state index is 0.818. The number of ether oxygens (including phenoxy) is 1. The second kappa shape index (κ2) is 7.15. The molecule has 1 fully saturated rings. The number of hydrogen-bond acceptors (Lipinski definition) is 5. The van der Waals surface area contributed by atoms with E-state index < -0.39 is 0 Å². The van der Waals surface area contributed by atoms with Crippen LogP contribution in [0.4, 0.5) is 5.95 Å². The molecule has 0 spiro atoms. The lowest BCUT2D eigenvalue weighted by Crippen LogP contribution is -2.30. The van der Waals surface area contributed by atoms with Gasteiger partial charge in [-0.25, -0.2) is 14.6 Å². The van der Waals surface area contributed by atoms with Gasteiger partial charge < -0.3 is 9.64 Å². The second-order valence-corrected chi connectivity index (χ2v) is 6.56. The SMILES string of the molecule is COc1ccc(-n2cc(-c3ccnc(N4CCCCC4)n3)c(C)n2)cc1. The number of anilines is 1. The smallest absolute Gasteiger partial charge is 0.225 e. The normalized spacial score (nSPS) is 14.5. The van der Waals surface area contributed by atoms with Crippen molar-refractivity contribution in [1.82, 2.24) is 19.7 Å². The molecule has 6 heteroatoms. The molecule has 0 unspecified atom stereocenters. The summed E-state index contributed by atoms with van der Waals surface area (Å²) in [6.45, 7) is 4.08. The summed E-state index contributed by atoms with van der Waals surface area (Å²) in [5.41, 5.74) is 3.88. The number of piperidine rings is 1. The van der Waals surface area contributed by atoms with Gasteiger partial charge in [0.2, 0.25) is 5.95 Å². The van der Waals surface area contributed by atoms with Crippen LogP contribution in [0.5, 0.6) is 5.75 Å². The molecule has 2 aromatic heterocycles. The third-order valence-electron chi connectivity index (χ3n) is 4.79. The zero-order chi connectivity index (χ0) is 17.9. The Labute approximate surface area is 153 Å². The summed E-state index contributed by atoms with van der Waals surface area (Å²) >= 11 is 0. The fraction of sp³-hybridized carbons (Fsp3) is 0.350. The quantitative estimate of drug-likeness (QED) is 0.720. The summed E-state index contributed by atoms with van der Waals surface area (Å²) in [5.74, 6) is 1.65. The van der Waals surface area contributed by atoms with E-state index in [4.69, 9.17) is 9.72 Å². The van der Waals surface area contributed by atoms with Crippen molar-refractivity contribution in [2.24, 2.45) is 0 Å². The Morgan fingerprint density at radius 1 is 1.00 bits per heavy atom. The molecule has 0 N–H and O–H groups in total. The van der Waals surface area contributed by atoms with Gasteiger partial charge in [-0.2, -0.15) is 5.10 Å². The highest BCUT2D eigenvalue weighted by Crippen LogP contribution is 2.25. The first-order chi connectivity index (χ1) is 12.7. The molecule has 3 aromatic rings. The van der Waals surface area contributed by atoms with Crippen LogP contribution in [-0.2, 0) is 0 Å². The fourth-order valence-electron chi connectivity index (χ4n) is 3.32. The van der Waals surface area contributed by atoms with E-state index in [0.29, 0.717) is 0 Å². The highest BCUT2D eigenvalue weighted by Gasteiger charge is 2.16. The van der Waals surface area contributed by atoms with E-state index in [1.54, 1.807) is 7.11 Å². The highest BCUT2D eigenvalue weighted by atomic mass is 16.5. The van der Waals surface area contributed by atoms with Crippen molar-refractivity contribution in [2.75, 3.05) is 25.1 Å². The Morgan fingerprint density at radius 2 is 1.77 bits per heavy atom. The maximum Gasteiger partial charge on any atom is 0.225 e. The lowest BCUT2D eigenvalue weighted by atomic mass is 10.1. The van der Waals surface area contributed by atoms with Crippen LogP contribution in [-0.4, -0.2) is 39.9 Å². The largest absolute Gasteiger partial charge is 0.497 e. The molecule has 3 heterocycles. The van der Waals surface area contributed by atoms with Gasteiger partial charge in [0.05, 0.1) is 24.2 Å². The fourth-order valence-corrected chi connectivity index (χ4v) is 3.32. The maximum absolute atomic E-state index is 5.22. The van der Waals surface area contributed by atoms with Crippen LogP contribution in [0.15, 0.2) is 42.7 Å². The number of aryl methyl sites for hydroxylation is 1. The third kappa shape index (κ3) is 3.27. The van der Waals surface area contributed by atoms with Crippen LogP contribution in [0.25, 0.3) is 16.9 Å². The standard InChI is InChI=1S/C20H23N5O/c1-15-18(14-25(23-15)16-6-8-17(26-2)9-7-16)19-10-11-21-20(22-19)24-12-4-3-5-13-24/h6-11,14H,3-5,12-13H2,1-2H3. The Bertz CT molecular complexity index is 881. The number of methoxy groups -OCH3 is 1. The van der Waals surface area contributed by atoms with Crippen molar-refractivity contribution in [1.29, 1.82) is 0 Å². The van der Waals surface area contributed by atoms with Crippen LogP contribution < -0.4 is 9.64 Å². The summed E-state index contributed by atoms with van der Waals surface area (Å²) in [7, 11) is 1.67. The average molecular weight is 349 g/mol. The molecule has 0 saturated carbocycles. The van der Waals surface area contributed by atoms with E-state index >= 15 is 0 Å². The van der Waals surface area contributed by atoms with E-state index in [-0.39, 0.29) is 0 Å². The van der Waals surface area contributed by atoms with Gasteiger partial charge in [-0.15, -0.1) is 0 Å². The molecule has 6 nitrogen and oxygen atoms in total. The third-order valence-corrected chi connectivity index (χ3v) is 4.79. The van der Waals surface area contributed by atoms with E-state index in [0.717, 1.165) is 47.4 Å². The van der Waals surface area contributed by atoms with Crippen LogP contribution in [0, 0.1) is 6.92 Å². The zero-order valence-electron chi connectivity index (χ0n) is 15.2. The summed E-state index contributed by atoms with van der Waals surface area (Å²) < 4.78 is 7.10. The molecule has 1 aliphatic heterocycles. The molecule has 0 amide bonds. The first-order valence-corrected chi connectivity index (χ1v) is 9.03. The first kappa shape index (κ1) is 16.6. The molecule has 0 aliphatic carbocycles.